The number of nitro benzene ring substituents is 1. The van der Waals surface area contributed by atoms with E-state index >= 15 is 0 Å². The van der Waals surface area contributed by atoms with Gasteiger partial charge in [0.25, 0.3) is 5.69 Å². The molecule has 0 atom stereocenters. The molecular formula is C12H14N2O5. The Labute approximate surface area is 109 Å². The Hall–Kier alpha value is -2.15. The van der Waals surface area contributed by atoms with Gasteiger partial charge in [-0.15, -0.1) is 0 Å². The molecule has 0 bridgehead atoms. The molecule has 7 heteroatoms. The summed E-state index contributed by atoms with van der Waals surface area (Å²) in [5, 5.41) is 10.7. The first-order chi connectivity index (χ1) is 9.10. The summed E-state index contributed by atoms with van der Waals surface area (Å²) in [7, 11) is 1.37. The molecule has 7 nitrogen and oxygen atoms in total. The number of non-ortho nitro benzene ring substituents is 1. The predicted octanol–water partition coefficient (Wildman–Crippen LogP) is 1.67. The fourth-order valence-corrected chi connectivity index (χ4v) is 1.53. The van der Waals surface area contributed by atoms with Crippen LogP contribution in [0.3, 0.4) is 0 Å². The summed E-state index contributed by atoms with van der Waals surface area (Å²) < 4.78 is 4.92. The second-order valence-corrected chi connectivity index (χ2v) is 4.36. The smallest absolute Gasteiger partial charge is 0.357 e. The zero-order valence-corrected chi connectivity index (χ0v) is 10.4. The number of rotatable bonds is 6. The number of nitrogens with zero attached hydrogens (tertiary/aromatic N) is 1. The van der Waals surface area contributed by atoms with Crippen molar-refractivity contribution in [1.82, 2.24) is 5.48 Å². The topological polar surface area (TPSA) is 90.7 Å². The van der Waals surface area contributed by atoms with Gasteiger partial charge in [0.05, 0.1) is 23.7 Å². The van der Waals surface area contributed by atoms with Gasteiger partial charge in [-0.3, -0.25) is 10.1 Å². The second kappa shape index (κ2) is 5.66. The van der Waals surface area contributed by atoms with Gasteiger partial charge >= 0.3 is 5.97 Å². The summed E-state index contributed by atoms with van der Waals surface area (Å²) in [6, 6.07) is 3.80. The molecular weight excluding hydrogens is 252 g/mol. The highest BCUT2D eigenvalue weighted by Crippen LogP contribution is 2.27. The van der Waals surface area contributed by atoms with Gasteiger partial charge in [0.2, 0.25) is 0 Å². The van der Waals surface area contributed by atoms with Crippen molar-refractivity contribution in [1.29, 1.82) is 0 Å². The number of hydrogen-bond donors (Lipinski definition) is 1. The van der Waals surface area contributed by atoms with Crippen molar-refractivity contribution >= 4 is 11.7 Å². The molecule has 0 amide bonds. The van der Waals surface area contributed by atoms with Crippen molar-refractivity contribution in [2.75, 3.05) is 13.7 Å². The van der Waals surface area contributed by atoms with Crippen LogP contribution in [0, 0.1) is 16.0 Å². The molecule has 0 saturated heterocycles. The van der Waals surface area contributed by atoms with Crippen LogP contribution in [-0.2, 0) is 4.84 Å². The molecule has 1 aliphatic rings. The normalized spacial score (nSPS) is 13.9. The van der Waals surface area contributed by atoms with Gasteiger partial charge in [0.1, 0.15) is 5.75 Å². The highest BCUT2D eigenvalue weighted by molar-refractivity contribution is 5.90. The highest BCUT2D eigenvalue weighted by atomic mass is 16.7. The molecule has 0 aliphatic heterocycles. The first-order valence-electron chi connectivity index (χ1n) is 5.87. The van der Waals surface area contributed by atoms with E-state index in [9.17, 15) is 14.9 Å². The van der Waals surface area contributed by atoms with E-state index in [1.54, 1.807) is 0 Å². The second-order valence-electron chi connectivity index (χ2n) is 4.36. The third-order valence-electron chi connectivity index (χ3n) is 2.81. The third-order valence-corrected chi connectivity index (χ3v) is 2.81. The van der Waals surface area contributed by atoms with Gasteiger partial charge < -0.3 is 9.57 Å². The number of hydroxylamine groups is 1. The first kappa shape index (κ1) is 13.3. The van der Waals surface area contributed by atoms with Crippen molar-refractivity contribution in [3.05, 3.63) is 33.9 Å². The molecule has 0 radical (unpaired) electrons. The fraction of sp³-hybridized carbons (Fsp3) is 0.417. The molecule has 1 aromatic carbocycles. The van der Waals surface area contributed by atoms with Crippen molar-refractivity contribution in [2.24, 2.45) is 5.92 Å². The van der Waals surface area contributed by atoms with Crippen LogP contribution in [0.15, 0.2) is 18.2 Å². The lowest BCUT2D eigenvalue weighted by Gasteiger charge is -2.06. The molecule has 1 aromatic rings. The van der Waals surface area contributed by atoms with E-state index in [0.717, 1.165) is 18.9 Å². The van der Waals surface area contributed by atoms with Gasteiger partial charge in [-0.25, -0.2) is 4.79 Å². The number of carbonyl (C=O) groups excluding carboxylic acids is 1. The van der Waals surface area contributed by atoms with Gasteiger partial charge in [-0.1, -0.05) is 0 Å². The Balaban J connectivity index is 2.05. The summed E-state index contributed by atoms with van der Waals surface area (Å²) in [6.07, 6.45) is 2.27. The first-order valence-corrected chi connectivity index (χ1v) is 5.87. The van der Waals surface area contributed by atoms with Crippen LogP contribution in [0.25, 0.3) is 0 Å². The summed E-state index contributed by atoms with van der Waals surface area (Å²) in [6.45, 7) is 0.609. The minimum absolute atomic E-state index is 0.0781. The van der Waals surface area contributed by atoms with Crippen LogP contribution >= 0.6 is 0 Å². The molecule has 19 heavy (non-hydrogen) atoms. The van der Waals surface area contributed by atoms with E-state index in [-0.39, 0.29) is 17.0 Å². The van der Waals surface area contributed by atoms with E-state index in [1.807, 2.05) is 0 Å². The minimum atomic E-state index is -0.664. The number of nitro groups is 1. The molecule has 0 aromatic heterocycles. The molecule has 1 saturated carbocycles. The zero-order valence-electron chi connectivity index (χ0n) is 10.4. The van der Waals surface area contributed by atoms with Crippen molar-refractivity contribution < 1.29 is 19.3 Å². The Morgan fingerprint density at radius 2 is 2.21 bits per heavy atom. The number of carbonyl (C=O) groups is 1. The fourth-order valence-electron chi connectivity index (χ4n) is 1.53. The minimum Gasteiger partial charge on any atom is -0.496 e. The van der Waals surface area contributed by atoms with Crippen LogP contribution in [0.2, 0.25) is 0 Å². The van der Waals surface area contributed by atoms with Crippen LogP contribution in [0.1, 0.15) is 23.2 Å². The van der Waals surface area contributed by atoms with E-state index in [4.69, 9.17) is 9.57 Å². The Morgan fingerprint density at radius 3 is 2.79 bits per heavy atom. The molecule has 1 aliphatic carbocycles. The lowest BCUT2D eigenvalue weighted by Crippen LogP contribution is -2.22. The maximum absolute atomic E-state index is 11.7. The summed E-state index contributed by atoms with van der Waals surface area (Å²) >= 11 is 0. The number of benzene rings is 1. The van der Waals surface area contributed by atoms with Gasteiger partial charge in [0, 0.05) is 12.6 Å². The average Bonchev–Trinajstić information content (AvgIpc) is 3.22. The summed E-state index contributed by atoms with van der Waals surface area (Å²) in [5.74, 6) is 0.137. The quantitative estimate of drug-likeness (QED) is 0.622. The molecule has 1 fully saturated rings. The Morgan fingerprint density at radius 1 is 1.47 bits per heavy atom. The standard InChI is InChI=1S/C12H14N2O5/c1-18-11-5-9(4-10(6-11)14(16)17)12(15)19-13-7-8-2-3-8/h4-6,8,13H,2-3,7H2,1H3. The van der Waals surface area contributed by atoms with Crippen molar-refractivity contribution in [3.63, 3.8) is 0 Å². The maximum Gasteiger partial charge on any atom is 0.357 e. The SMILES string of the molecule is COc1cc(C(=O)ONCC2CC2)cc([N+](=O)[O-])c1. The van der Waals surface area contributed by atoms with Gasteiger partial charge in [-0.2, -0.15) is 5.48 Å². The Bertz CT molecular complexity index is 499. The summed E-state index contributed by atoms with van der Waals surface area (Å²) in [4.78, 5) is 26.7. The van der Waals surface area contributed by atoms with Crippen LogP contribution in [-0.4, -0.2) is 24.5 Å². The van der Waals surface area contributed by atoms with E-state index in [2.05, 4.69) is 5.48 Å². The number of ether oxygens (including phenoxy) is 1. The molecule has 0 spiro atoms. The Kier molecular flexibility index (Phi) is 3.96. The van der Waals surface area contributed by atoms with E-state index < -0.39 is 10.9 Å². The van der Waals surface area contributed by atoms with Crippen molar-refractivity contribution in [3.8, 4) is 5.75 Å². The monoisotopic (exact) mass is 266 g/mol. The summed E-state index contributed by atoms with van der Waals surface area (Å²) in [5.41, 5.74) is 2.44. The molecule has 102 valence electrons. The molecule has 1 N–H and O–H groups in total. The van der Waals surface area contributed by atoms with Crippen LogP contribution in [0.4, 0.5) is 5.69 Å². The average molecular weight is 266 g/mol. The maximum atomic E-state index is 11.7. The van der Waals surface area contributed by atoms with Gasteiger partial charge in [-0.05, 0) is 24.8 Å². The van der Waals surface area contributed by atoms with E-state index in [0.29, 0.717) is 12.5 Å². The van der Waals surface area contributed by atoms with Crippen molar-refractivity contribution in [2.45, 2.75) is 12.8 Å². The number of hydrogen-bond acceptors (Lipinski definition) is 6. The molecule has 0 unspecified atom stereocenters. The van der Waals surface area contributed by atoms with Gasteiger partial charge in [0.15, 0.2) is 0 Å². The van der Waals surface area contributed by atoms with E-state index in [1.165, 1.54) is 19.2 Å². The predicted molar refractivity (Wildman–Crippen MR) is 65.8 cm³/mol. The number of methoxy groups -OCH3 is 1. The largest absolute Gasteiger partial charge is 0.496 e. The highest BCUT2D eigenvalue weighted by Gasteiger charge is 2.22. The van der Waals surface area contributed by atoms with Crippen LogP contribution < -0.4 is 10.2 Å². The molecule has 0 heterocycles. The molecule has 2 rings (SSSR count). The zero-order chi connectivity index (χ0) is 13.8. The third kappa shape index (κ3) is 3.65. The number of nitrogens with one attached hydrogen (secondary N) is 1. The lowest BCUT2D eigenvalue weighted by atomic mass is 10.2. The lowest BCUT2D eigenvalue weighted by molar-refractivity contribution is -0.385. The van der Waals surface area contributed by atoms with Crippen LogP contribution in [0.5, 0.6) is 5.75 Å².